The van der Waals surface area contributed by atoms with E-state index in [0.29, 0.717) is 24.5 Å². The van der Waals surface area contributed by atoms with Gasteiger partial charge in [0, 0.05) is 18.9 Å². The van der Waals surface area contributed by atoms with Gasteiger partial charge in [-0.3, -0.25) is 9.78 Å². The fraction of sp³-hybridized carbons (Fsp3) is 0.333. The third-order valence-electron chi connectivity index (χ3n) is 4.06. The summed E-state index contributed by atoms with van der Waals surface area (Å²) in [6, 6.07) is 6.68. The lowest BCUT2D eigenvalue weighted by Crippen LogP contribution is -2.44. The van der Waals surface area contributed by atoms with Crippen LogP contribution in [0.3, 0.4) is 0 Å². The van der Waals surface area contributed by atoms with Gasteiger partial charge in [0.25, 0.3) is 5.91 Å². The zero-order valence-corrected chi connectivity index (χ0v) is 13.9. The number of ether oxygens (including phenoxy) is 2. The zero-order valence-electron chi connectivity index (χ0n) is 13.9. The van der Waals surface area contributed by atoms with Crippen molar-refractivity contribution in [3.63, 3.8) is 0 Å². The average Bonchev–Trinajstić information content (AvgIpc) is 2.68. The summed E-state index contributed by atoms with van der Waals surface area (Å²) in [5, 5.41) is 0. The Morgan fingerprint density at radius 3 is 2.72 bits per heavy atom. The molecule has 0 aliphatic carbocycles. The van der Waals surface area contributed by atoms with Crippen LogP contribution in [-0.2, 0) is 4.74 Å². The maximum absolute atomic E-state index is 12.9. The molecule has 0 bridgehead atoms. The molecule has 0 radical (unpaired) electrons. The third-order valence-corrected chi connectivity index (χ3v) is 4.06. The Hall–Kier alpha value is -2.96. The van der Waals surface area contributed by atoms with Crippen LogP contribution in [-0.4, -0.2) is 53.0 Å². The molecule has 1 aliphatic rings. The average molecular weight is 341 g/mol. The molecule has 1 amide bonds. The van der Waals surface area contributed by atoms with Crippen molar-refractivity contribution in [3.8, 4) is 5.88 Å². The highest BCUT2D eigenvalue weighted by molar-refractivity contribution is 6.05. The van der Waals surface area contributed by atoms with Crippen molar-refractivity contribution in [2.45, 2.75) is 18.9 Å². The van der Waals surface area contributed by atoms with Gasteiger partial charge in [-0.25, -0.2) is 9.78 Å². The minimum Gasteiger partial charge on any atom is -0.471 e. The number of carbonyl (C=O) groups excluding carboxylic acids is 2. The van der Waals surface area contributed by atoms with Crippen molar-refractivity contribution < 1.29 is 19.1 Å². The van der Waals surface area contributed by atoms with E-state index >= 15 is 0 Å². The quantitative estimate of drug-likeness (QED) is 0.791. The molecule has 1 unspecified atom stereocenters. The van der Waals surface area contributed by atoms with E-state index in [1.54, 1.807) is 47.8 Å². The summed E-state index contributed by atoms with van der Waals surface area (Å²) >= 11 is 0. The van der Waals surface area contributed by atoms with Gasteiger partial charge >= 0.3 is 5.97 Å². The molecule has 1 aromatic carbocycles. The second-order valence-electron chi connectivity index (χ2n) is 5.71. The van der Waals surface area contributed by atoms with Crippen LogP contribution in [0.1, 0.15) is 33.6 Å². The monoisotopic (exact) mass is 341 g/mol. The van der Waals surface area contributed by atoms with Crippen LogP contribution in [0, 0.1) is 0 Å². The topological polar surface area (TPSA) is 81.6 Å². The standard InChI is InChI=1S/C18H19N3O4/c1-24-18(23)15-7-3-2-6-14(15)17(22)21-10-4-5-13(12-21)25-16-11-19-8-9-20-16/h2-3,6-9,11,13H,4-5,10,12H2,1H3. The smallest absolute Gasteiger partial charge is 0.338 e. The number of methoxy groups -OCH3 is 1. The van der Waals surface area contributed by atoms with Gasteiger partial charge in [-0.15, -0.1) is 0 Å². The molecule has 0 saturated carbocycles. The molecule has 1 aliphatic heterocycles. The van der Waals surface area contributed by atoms with Crippen molar-refractivity contribution in [2.24, 2.45) is 0 Å². The van der Waals surface area contributed by atoms with Gasteiger partial charge in [0.15, 0.2) is 0 Å². The Kier molecular flexibility index (Phi) is 5.23. The van der Waals surface area contributed by atoms with Gasteiger partial charge in [0.2, 0.25) is 5.88 Å². The molecule has 1 aromatic heterocycles. The number of benzene rings is 1. The molecule has 1 atom stereocenters. The summed E-state index contributed by atoms with van der Waals surface area (Å²) in [4.78, 5) is 34.5. The second-order valence-corrected chi connectivity index (χ2v) is 5.71. The third kappa shape index (κ3) is 3.93. The number of esters is 1. The lowest BCUT2D eigenvalue weighted by atomic mass is 10.0. The van der Waals surface area contributed by atoms with E-state index in [1.807, 2.05) is 0 Å². The summed E-state index contributed by atoms with van der Waals surface area (Å²) < 4.78 is 10.6. The number of nitrogens with zero attached hydrogens (tertiary/aromatic N) is 3. The molecule has 25 heavy (non-hydrogen) atoms. The van der Waals surface area contributed by atoms with Gasteiger partial charge in [-0.1, -0.05) is 12.1 Å². The first-order valence-electron chi connectivity index (χ1n) is 8.08. The number of amides is 1. The first kappa shape index (κ1) is 16.9. The van der Waals surface area contributed by atoms with Crippen molar-refractivity contribution in [3.05, 3.63) is 54.0 Å². The van der Waals surface area contributed by atoms with E-state index in [4.69, 9.17) is 9.47 Å². The summed E-state index contributed by atoms with van der Waals surface area (Å²) in [5.74, 6) is -0.279. The summed E-state index contributed by atoms with van der Waals surface area (Å²) in [6.07, 6.45) is 6.18. The van der Waals surface area contributed by atoms with E-state index in [1.165, 1.54) is 7.11 Å². The first-order chi connectivity index (χ1) is 12.2. The number of hydrogen-bond acceptors (Lipinski definition) is 6. The second kappa shape index (κ2) is 7.74. The Morgan fingerprint density at radius 2 is 2.00 bits per heavy atom. The van der Waals surface area contributed by atoms with Crippen molar-refractivity contribution in [1.82, 2.24) is 14.9 Å². The number of carbonyl (C=O) groups is 2. The van der Waals surface area contributed by atoms with Crippen LogP contribution in [0.5, 0.6) is 5.88 Å². The largest absolute Gasteiger partial charge is 0.471 e. The highest BCUT2D eigenvalue weighted by atomic mass is 16.5. The number of rotatable bonds is 4. The maximum atomic E-state index is 12.9. The molecule has 0 spiro atoms. The first-order valence-corrected chi connectivity index (χ1v) is 8.08. The van der Waals surface area contributed by atoms with E-state index in [0.717, 1.165) is 12.8 Å². The molecule has 7 heteroatoms. The maximum Gasteiger partial charge on any atom is 0.338 e. The Morgan fingerprint density at radius 1 is 1.20 bits per heavy atom. The van der Waals surface area contributed by atoms with E-state index in [9.17, 15) is 9.59 Å². The molecule has 2 aromatic rings. The van der Waals surface area contributed by atoms with Crippen LogP contribution in [0.2, 0.25) is 0 Å². The van der Waals surface area contributed by atoms with Crippen molar-refractivity contribution in [1.29, 1.82) is 0 Å². The van der Waals surface area contributed by atoms with Crippen LogP contribution in [0.4, 0.5) is 0 Å². The van der Waals surface area contributed by atoms with Crippen LogP contribution in [0.25, 0.3) is 0 Å². The van der Waals surface area contributed by atoms with Gasteiger partial charge in [0.05, 0.1) is 31.0 Å². The highest BCUT2D eigenvalue weighted by Crippen LogP contribution is 2.20. The summed E-state index contributed by atoms with van der Waals surface area (Å²) in [6.45, 7) is 1.06. The number of hydrogen-bond donors (Lipinski definition) is 0. The predicted octanol–water partition coefficient (Wildman–Crippen LogP) is 1.95. The van der Waals surface area contributed by atoms with Gasteiger partial charge < -0.3 is 14.4 Å². The lowest BCUT2D eigenvalue weighted by molar-refractivity contribution is 0.0511. The Labute approximate surface area is 145 Å². The predicted molar refractivity (Wildman–Crippen MR) is 89.4 cm³/mol. The van der Waals surface area contributed by atoms with Crippen molar-refractivity contribution in [2.75, 3.05) is 20.2 Å². The lowest BCUT2D eigenvalue weighted by Gasteiger charge is -2.32. The van der Waals surface area contributed by atoms with Crippen molar-refractivity contribution >= 4 is 11.9 Å². The Bertz CT molecular complexity index is 751. The van der Waals surface area contributed by atoms with E-state index < -0.39 is 5.97 Å². The number of piperidine rings is 1. The van der Waals surface area contributed by atoms with Crippen LogP contribution in [0.15, 0.2) is 42.9 Å². The molecule has 1 fully saturated rings. The molecular formula is C18H19N3O4. The van der Waals surface area contributed by atoms with Gasteiger partial charge in [-0.2, -0.15) is 0 Å². The van der Waals surface area contributed by atoms with Gasteiger partial charge in [0.1, 0.15) is 6.10 Å². The summed E-state index contributed by atoms with van der Waals surface area (Å²) in [7, 11) is 1.30. The van der Waals surface area contributed by atoms with Gasteiger partial charge in [-0.05, 0) is 25.0 Å². The zero-order chi connectivity index (χ0) is 17.6. The highest BCUT2D eigenvalue weighted by Gasteiger charge is 2.28. The molecule has 1 saturated heterocycles. The molecule has 130 valence electrons. The molecule has 7 nitrogen and oxygen atoms in total. The molecular weight excluding hydrogens is 322 g/mol. The fourth-order valence-corrected chi connectivity index (χ4v) is 2.86. The molecule has 3 rings (SSSR count). The van der Waals surface area contributed by atoms with E-state index in [2.05, 4.69) is 9.97 Å². The minimum absolute atomic E-state index is 0.153. The van der Waals surface area contributed by atoms with Crippen LogP contribution < -0.4 is 4.74 Å². The molecule has 0 N–H and O–H groups in total. The normalized spacial score (nSPS) is 17.0. The fourth-order valence-electron chi connectivity index (χ4n) is 2.86. The summed E-state index contributed by atoms with van der Waals surface area (Å²) in [5.41, 5.74) is 0.612. The van der Waals surface area contributed by atoms with E-state index in [-0.39, 0.29) is 17.6 Å². The SMILES string of the molecule is COC(=O)c1ccccc1C(=O)N1CCCC(Oc2cnccn2)C1. The number of aromatic nitrogens is 2. The molecule has 2 heterocycles. The van der Waals surface area contributed by atoms with Crippen LogP contribution >= 0.6 is 0 Å². The number of likely N-dealkylation sites (tertiary alicyclic amines) is 1. The minimum atomic E-state index is -0.520. The Balaban J connectivity index is 1.73.